The average molecular weight is 733 g/mol. The van der Waals surface area contributed by atoms with Gasteiger partial charge in [-0.1, -0.05) is 48.5 Å². The molecule has 0 amide bonds. The summed E-state index contributed by atoms with van der Waals surface area (Å²) in [6.07, 6.45) is 0. The third-order valence-corrected chi connectivity index (χ3v) is 10.5. The zero-order valence-corrected chi connectivity index (χ0v) is 29.0. The number of hydrogen-bond donors (Lipinski definition) is 1. The number of fused-ring (bicyclic) bond motifs is 1. The van der Waals surface area contributed by atoms with Crippen molar-refractivity contribution in [3.8, 4) is 62.5 Å². The van der Waals surface area contributed by atoms with Crippen molar-refractivity contribution in [3.05, 3.63) is 175 Å². The molecule has 9 nitrogen and oxygen atoms in total. The van der Waals surface area contributed by atoms with Crippen LogP contribution in [0, 0.1) is 0 Å². The van der Waals surface area contributed by atoms with Crippen molar-refractivity contribution in [2.24, 2.45) is 0 Å². The zero-order valence-electron chi connectivity index (χ0n) is 28.2. The van der Waals surface area contributed by atoms with Gasteiger partial charge < -0.3 is 24.1 Å². The van der Waals surface area contributed by atoms with Crippen molar-refractivity contribution < 1.29 is 42.1 Å². The van der Waals surface area contributed by atoms with Crippen LogP contribution in [0.5, 0.6) is 40.2 Å². The number of ether oxygens (including phenoxy) is 4. The molecule has 264 valence electrons. The van der Waals surface area contributed by atoms with Crippen molar-refractivity contribution >= 4 is 21.8 Å². The Morgan fingerprint density at radius 1 is 0.389 bits per heavy atom. The molecule has 0 bridgehead atoms. The summed E-state index contributed by atoms with van der Waals surface area (Å²) in [6, 6.07) is 46.4. The van der Waals surface area contributed by atoms with Crippen molar-refractivity contribution in [1.82, 2.24) is 0 Å². The summed E-state index contributed by atoms with van der Waals surface area (Å²) in [5, 5.41) is 9.52. The number of phenols is 1. The highest BCUT2D eigenvalue weighted by Gasteiger charge is 2.30. The molecule has 1 N–H and O–H groups in total. The van der Waals surface area contributed by atoms with Gasteiger partial charge in [0.1, 0.15) is 40.2 Å². The molecular weight excluding hydrogens is 705 g/mol. The molecule has 0 spiro atoms. The lowest BCUT2D eigenvalue weighted by molar-refractivity contribution is 0.0443. The molecule has 0 atom stereocenters. The summed E-state index contributed by atoms with van der Waals surface area (Å²) in [4.78, 5) is 23.8. The molecule has 0 saturated carbocycles. The molecule has 0 aromatic heterocycles. The molecule has 54 heavy (non-hydrogen) atoms. The predicted molar refractivity (Wildman–Crippen MR) is 200 cm³/mol. The summed E-state index contributed by atoms with van der Waals surface area (Å²) in [6.45, 7) is 0. The molecular formula is C44H28O9S. The number of sulfone groups is 1. The van der Waals surface area contributed by atoms with Gasteiger partial charge in [0.2, 0.25) is 9.84 Å². The lowest BCUT2D eigenvalue weighted by atomic mass is 10.1. The van der Waals surface area contributed by atoms with Crippen LogP contribution in [0.4, 0.5) is 0 Å². The highest BCUT2D eigenvalue weighted by Crippen LogP contribution is 2.33. The smallest absolute Gasteiger partial charge is 0.347 e. The minimum absolute atomic E-state index is 0.130. The molecule has 1 aliphatic rings. The van der Waals surface area contributed by atoms with Gasteiger partial charge in [-0.05, 0) is 138 Å². The van der Waals surface area contributed by atoms with Gasteiger partial charge in [0.05, 0.1) is 20.9 Å². The number of carbonyl (C=O) groups is 2. The topological polar surface area (TPSA) is 125 Å². The largest absolute Gasteiger partial charge is 0.508 e. The summed E-state index contributed by atoms with van der Waals surface area (Å²) >= 11 is 0. The lowest BCUT2D eigenvalue weighted by Crippen LogP contribution is -2.01. The van der Waals surface area contributed by atoms with Crippen LogP contribution in [0.3, 0.4) is 0 Å². The van der Waals surface area contributed by atoms with Crippen LogP contribution < -0.4 is 14.2 Å². The summed E-state index contributed by atoms with van der Waals surface area (Å²) in [7, 11) is -3.79. The number of esters is 2. The van der Waals surface area contributed by atoms with Crippen molar-refractivity contribution in [3.63, 3.8) is 0 Å². The van der Waals surface area contributed by atoms with E-state index in [4.69, 9.17) is 14.2 Å². The first kappa shape index (κ1) is 33.9. The fourth-order valence-corrected chi connectivity index (χ4v) is 7.11. The van der Waals surface area contributed by atoms with Crippen LogP contribution in [0.25, 0.3) is 22.3 Å². The van der Waals surface area contributed by atoms with E-state index in [0.29, 0.717) is 34.5 Å². The number of carbonyl (C=O) groups excluding carboxylic acids is 2. The van der Waals surface area contributed by atoms with E-state index in [-0.39, 0.29) is 26.7 Å². The Bertz CT molecular complexity index is 2600. The number of phenolic OH excluding ortho intramolecular Hbond substituents is 1. The van der Waals surface area contributed by atoms with E-state index < -0.39 is 21.8 Å². The monoisotopic (exact) mass is 732 g/mol. The Labute approximate surface area is 310 Å². The molecule has 1 heterocycles. The average Bonchev–Trinajstić information content (AvgIpc) is 3.48. The maximum atomic E-state index is 13.4. The van der Waals surface area contributed by atoms with Crippen LogP contribution >= 0.6 is 0 Å². The fourth-order valence-electron chi connectivity index (χ4n) is 5.85. The van der Waals surface area contributed by atoms with Crippen LogP contribution in [0.1, 0.15) is 20.7 Å². The minimum Gasteiger partial charge on any atom is -0.508 e. The molecule has 0 fully saturated rings. The second-order valence-corrected chi connectivity index (χ2v) is 14.2. The van der Waals surface area contributed by atoms with Gasteiger partial charge in [-0.15, -0.1) is 0 Å². The summed E-state index contributed by atoms with van der Waals surface area (Å²) < 4.78 is 49.2. The SMILES string of the molecule is O=C1OC(=O)c2cc(Oc3ccc(-c4ccc(Oc5ccc(S(=O)(=O)c6ccc(Oc7ccc(-c8ccc(O)cc8)cc7)cc6)cc5)cc4)cc3)ccc21. The molecule has 1 aliphatic heterocycles. The number of cyclic esters (lactones) is 2. The molecule has 10 heteroatoms. The fraction of sp³-hybridized carbons (Fsp3) is 0. The molecule has 0 unspecified atom stereocenters. The highest BCUT2D eigenvalue weighted by molar-refractivity contribution is 7.91. The normalized spacial score (nSPS) is 12.1. The van der Waals surface area contributed by atoms with Gasteiger partial charge in [0, 0.05) is 0 Å². The first-order valence-corrected chi connectivity index (χ1v) is 18.2. The number of benzene rings is 7. The Kier molecular flexibility index (Phi) is 8.86. The van der Waals surface area contributed by atoms with Gasteiger partial charge in [-0.3, -0.25) is 0 Å². The van der Waals surface area contributed by atoms with E-state index in [9.17, 15) is 23.1 Å². The molecule has 8 rings (SSSR count). The van der Waals surface area contributed by atoms with Crippen LogP contribution in [-0.4, -0.2) is 25.5 Å². The zero-order chi connectivity index (χ0) is 37.2. The third kappa shape index (κ3) is 7.14. The van der Waals surface area contributed by atoms with E-state index in [1.54, 1.807) is 54.6 Å². The van der Waals surface area contributed by atoms with Crippen molar-refractivity contribution in [2.75, 3.05) is 0 Å². The molecule has 0 saturated heterocycles. The second-order valence-electron chi connectivity index (χ2n) is 12.3. The van der Waals surface area contributed by atoms with E-state index in [1.807, 2.05) is 72.8 Å². The van der Waals surface area contributed by atoms with Crippen LogP contribution in [0.15, 0.2) is 174 Å². The predicted octanol–water partition coefficient (Wildman–Crippen LogP) is 10.2. The second kappa shape index (κ2) is 14.1. The van der Waals surface area contributed by atoms with Crippen molar-refractivity contribution in [1.29, 1.82) is 0 Å². The third-order valence-electron chi connectivity index (χ3n) is 8.69. The van der Waals surface area contributed by atoms with Crippen molar-refractivity contribution in [2.45, 2.75) is 9.79 Å². The standard InChI is InChI=1S/C44H28O9S/c45-32-9-1-28(2-10-32)29-3-11-33(12-4-29)50-36-17-22-39(23-18-36)54(48,49)40-24-19-37(20-25-40)51-34-13-5-30(6-14-34)31-7-15-35(16-8-31)52-38-21-26-41-42(27-38)44(47)53-43(41)46/h1-27,45H. The quantitative estimate of drug-likeness (QED) is 0.108. The van der Waals surface area contributed by atoms with E-state index in [0.717, 1.165) is 22.3 Å². The molecule has 7 aromatic carbocycles. The first-order chi connectivity index (χ1) is 26.2. The Morgan fingerprint density at radius 3 is 1.11 bits per heavy atom. The van der Waals surface area contributed by atoms with E-state index in [1.165, 1.54) is 36.4 Å². The van der Waals surface area contributed by atoms with Crippen LogP contribution in [0.2, 0.25) is 0 Å². The first-order valence-electron chi connectivity index (χ1n) is 16.7. The maximum Gasteiger partial charge on any atom is 0.347 e. The van der Waals surface area contributed by atoms with Gasteiger partial charge in [-0.25, -0.2) is 18.0 Å². The Hall–Kier alpha value is -7.17. The Balaban J connectivity index is 0.866. The number of aromatic hydroxyl groups is 1. The summed E-state index contributed by atoms with van der Waals surface area (Å²) in [5.74, 6) is 1.97. The molecule has 0 aliphatic carbocycles. The number of rotatable bonds is 10. The maximum absolute atomic E-state index is 13.4. The van der Waals surface area contributed by atoms with E-state index >= 15 is 0 Å². The van der Waals surface area contributed by atoms with Gasteiger partial charge in [-0.2, -0.15) is 0 Å². The van der Waals surface area contributed by atoms with Gasteiger partial charge in [0.15, 0.2) is 0 Å². The summed E-state index contributed by atoms with van der Waals surface area (Å²) in [5.41, 5.74) is 4.20. The minimum atomic E-state index is -3.79. The van der Waals surface area contributed by atoms with Gasteiger partial charge in [0.25, 0.3) is 0 Å². The lowest BCUT2D eigenvalue weighted by Gasteiger charge is -2.10. The van der Waals surface area contributed by atoms with Gasteiger partial charge >= 0.3 is 11.9 Å². The number of hydrogen-bond acceptors (Lipinski definition) is 9. The highest BCUT2D eigenvalue weighted by atomic mass is 32.2. The Morgan fingerprint density at radius 2 is 0.704 bits per heavy atom. The molecule has 7 aromatic rings. The van der Waals surface area contributed by atoms with E-state index in [2.05, 4.69) is 4.74 Å². The molecule has 0 radical (unpaired) electrons. The van der Waals surface area contributed by atoms with Crippen LogP contribution in [-0.2, 0) is 14.6 Å².